The zero-order valence-corrected chi connectivity index (χ0v) is 41.1. The molecule has 0 aromatic carbocycles. The third-order valence-electron chi connectivity index (χ3n) is 10.9. The average Bonchev–Trinajstić information content (AvgIpc) is 3.28. The molecular weight excluding hydrogens is 781 g/mol. The highest BCUT2D eigenvalue weighted by Gasteiger charge is 2.19. The summed E-state index contributed by atoms with van der Waals surface area (Å²) < 4.78 is 16.8. The molecule has 0 aromatic heterocycles. The SMILES string of the molecule is CC/C=C\C/C=C\C/C=C\C/C=C\C/C=C\CCCCCC(=O)OC[C@@H](COC(=O)CCCCCCCCCCCCCC)OC(=O)CCCCCCC/C=C\C/C=C\CCCC. The van der Waals surface area contributed by atoms with Crippen LogP contribution in [-0.2, 0) is 28.6 Å². The van der Waals surface area contributed by atoms with E-state index in [9.17, 15) is 14.4 Å². The maximum atomic E-state index is 12.8. The topological polar surface area (TPSA) is 78.9 Å². The fourth-order valence-electron chi connectivity index (χ4n) is 6.95. The molecule has 0 aliphatic rings. The van der Waals surface area contributed by atoms with Gasteiger partial charge in [0.1, 0.15) is 13.2 Å². The molecule has 0 amide bonds. The fourth-order valence-corrected chi connectivity index (χ4v) is 6.95. The van der Waals surface area contributed by atoms with E-state index in [2.05, 4.69) is 106 Å². The number of hydrogen-bond donors (Lipinski definition) is 0. The number of hydrogen-bond acceptors (Lipinski definition) is 6. The molecule has 0 heterocycles. The van der Waals surface area contributed by atoms with E-state index in [0.29, 0.717) is 19.3 Å². The Morgan fingerprint density at radius 2 is 0.635 bits per heavy atom. The smallest absolute Gasteiger partial charge is 0.306 e. The molecule has 0 saturated carbocycles. The number of ether oxygens (including phenoxy) is 3. The normalized spacial score (nSPS) is 12.7. The van der Waals surface area contributed by atoms with Crippen LogP contribution in [0.5, 0.6) is 0 Å². The van der Waals surface area contributed by atoms with Gasteiger partial charge in [0.25, 0.3) is 0 Å². The Bertz CT molecular complexity index is 1240. The summed E-state index contributed by atoms with van der Waals surface area (Å²) in [6, 6.07) is 0. The number of esters is 3. The molecule has 6 heteroatoms. The first-order valence-corrected chi connectivity index (χ1v) is 26.1. The van der Waals surface area contributed by atoms with E-state index in [1.165, 1.54) is 77.0 Å². The van der Waals surface area contributed by atoms with Gasteiger partial charge in [0, 0.05) is 19.3 Å². The van der Waals surface area contributed by atoms with Crippen LogP contribution in [0.15, 0.2) is 85.1 Å². The van der Waals surface area contributed by atoms with Crippen LogP contribution in [0.2, 0.25) is 0 Å². The van der Waals surface area contributed by atoms with E-state index < -0.39 is 6.10 Å². The lowest BCUT2D eigenvalue weighted by Gasteiger charge is -2.18. The van der Waals surface area contributed by atoms with Gasteiger partial charge in [-0.25, -0.2) is 0 Å². The Kier molecular flexibility index (Phi) is 48.5. The highest BCUT2D eigenvalue weighted by molar-refractivity contribution is 5.71. The highest BCUT2D eigenvalue weighted by atomic mass is 16.6. The van der Waals surface area contributed by atoms with Gasteiger partial charge in [-0.3, -0.25) is 14.4 Å². The molecule has 0 N–H and O–H groups in total. The third-order valence-corrected chi connectivity index (χ3v) is 10.9. The van der Waals surface area contributed by atoms with Crippen LogP contribution in [0.4, 0.5) is 0 Å². The predicted octanol–water partition coefficient (Wildman–Crippen LogP) is 17.2. The monoisotopic (exact) mass is 877 g/mol. The molecule has 0 aliphatic heterocycles. The van der Waals surface area contributed by atoms with Gasteiger partial charge in [0.05, 0.1) is 0 Å². The summed E-state index contributed by atoms with van der Waals surface area (Å²) in [6.07, 6.45) is 65.6. The minimum Gasteiger partial charge on any atom is -0.462 e. The van der Waals surface area contributed by atoms with Crippen molar-refractivity contribution in [2.45, 2.75) is 245 Å². The number of carbonyl (C=O) groups excluding carboxylic acids is 3. The van der Waals surface area contributed by atoms with Crippen molar-refractivity contribution in [2.24, 2.45) is 0 Å². The summed E-state index contributed by atoms with van der Waals surface area (Å²) in [5.41, 5.74) is 0. The van der Waals surface area contributed by atoms with Crippen molar-refractivity contribution < 1.29 is 28.6 Å². The Labute approximate surface area is 388 Å². The Balaban J connectivity index is 4.45. The largest absolute Gasteiger partial charge is 0.462 e. The molecule has 0 aromatic rings. The van der Waals surface area contributed by atoms with Gasteiger partial charge in [-0.05, 0) is 89.9 Å². The summed E-state index contributed by atoms with van der Waals surface area (Å²) >= 11 is 0. The first-order chi connectivity index (χ1) is 31.0. The summed E-state index contributed by atoms with van der Waals surface area (Å²) in [4.78, 5) is 38.0. The van der Waals surface area contributed by atoms with Gasteiger partial charge in [-0.2, -0.15) is 0 Å². The second kappa shape index (κ2) is 51.2. The van der Waals surface area contributed by atoms with Gasteiger partial charge >= 0.3 is 17.9 Å². The maximum absolute atomic E-state index is 12.8. The summed E-state index contributed by atoms with van der Waals surface area (Å²) in [5, 5.41) is 0. The van der Waals surface area contributed by atoms with E-state index in [4.69, 9.17) is 14.2 Å². The minimum absolute atomic E-state index is 0.0919. The molecule has 6 nitrogen and oxygen atoms in total. The Hall–Kier alpha value is -3.41. The number of unbranched alkanes of at least 4 members (excludes halogenated alkanes) is 21. The lowest BCUT2D eigenvalue weighted by atomic mass is 10.0. The van der Waals surface area contributed by atoms with E-state index >= 15 is 0 Å². The van der Waals surface area contributed by atoms with Crippen LogP contribution in [-0.4, -0.2) is 37.2 Å². The Morgan fingerprint density at radius 3 is 1.03 bits per heavy atom. The van der Waals surface area contributed by atoms with Crippen molar-refractivity contribution in [3.8, 4) is 0 Å². The zero-order chi connectivity index (χ0) is 45.8. The molecule has 0 rings (SSSR count). The number of rotatable bonds is 46. The molecule has 1 atom stereocenters. The molecule has 360 valence electrons. The van der Waals surface area contributed by atoms with Gasteiger partial charge in [0.2, 0.25) is 0 Å². The molecule has 0 spiro atoms. The summed E-state index contributed by atoms with van der Waals surface area (Å²) in [5.74, 6) is -0.940. The lowest BCUT2D eigenvalue weighted by molar-refractivity contribution is -0.167. The molecule has 0 fully saturated rings. The van der Waals surface area contributed by atoms with Crippen molar-refractivity contribution in [3.63, 3.8) is 0 Å². The van der Waals surface area contributed by atoms with Crippen molar-refractivity contribution in [1.82, 2.24) is 0 Å². The van der Waals surface area contributed by atoms with E-state index in [1.807, 2.05) is 0 Å². The van der Waals surface area contributed by atoms with Crippen molar-refractivity contribution >= 4 is 17.9 Å². The highest BCUT2D eigenvalue weighted by Crippen LogP contribution is 2.14. The van der Waals surface area contributed by atoms with Crippen LogP contribution < -0.4 is 0 Å². The minimum atomic E-state index is -0.795. The van der Waals surface area contributed by atoms with Gasteiger partial charge in [-0.1, -0.05) is 215 Å². The van der Waals surface area contributed by atoms with Crippen molar-refractivity contribution in [2.75, 3.05) is 13.2 Å². The number of allylic oxidation sites excluding steroid dienone is 14. The first kappa shape index (κ1) is 59.6. The van der Waals surface area contributed by atoms with Crippen LogP contribution in [0.25, 0.3) is 0 Å². The summed E-state index contributed by atoms with van der Waals surface area (Å²) in [7, 11) is 0. The van der Waals surface area contributed by atoms with Gasteiger partial charge in [-0.15, -0.1) is 0 Å². The molecule has 0 radical (unpaired) electrons. The molecule has 0 bridgehead atoms. The van der Waals surface area contributed by atoms with Crippen LogP contribution in [0.1, 0.15) is 239 Å². The molecular formula is C57H96O6. The quantitative estimate of drug-likeness (QED) is 0.0262. The Morgan fingerprint density at radius 1 is 0.333 bits per heavy atom. The standard InChI is InChI=1S/C57H96O6/c1-4-7-10-13-16-19-22-25-27-28-29-30-31-33-35-38-41-44-47-50-56(59)62-53-54(52-61-55(58)49-46-43-40-37-34-24-21-18-15-12-9-6-3)63-57(60)51-48-45-42-39-36-32-26-23-20-17-14-11-8-5-2/h7,10,14,16-17,19,23,25-27,29-30,33,35,54H,4-6,8-9,11-13,15,18,20-22,24,28,31-32,34,36-53H2,1-3H3/b10-7-,17-14-,19-16-,26-23-,27-25-,30-29-,35-33-/t54-/m1/s1. The van der Waals surface area contributed by atoms with Crippen molar-refractivity contribution in [1.29, 1.82) is 0 Å². The fraction of sp³-hybridized carbons (Fsp3) is 0.702. The molecule has 63 heavy (non-hydrogen) atoms. The van der Waals surface area contributed by atoms with Crippen LogP contribution in [0, 0.1) is 0 Å². The molecule has 0 aliphatic carbocycles. The van der Waals surface area contributed by atoms with Crippen LogP contribution >= 0.6 is 0 Å². The maximum Gasteiger partial charge on any atom is 0.306 e. The number of carbonyl (C=O) groups is 3. The third kappa shape index (κ3) is 49.5. The zero-order valence-electron chi connectivity index (χ0n) is 41.1. The average molecular weight is 877 g/mol. The lowest BCUT2D eigenvalue weighted by Crippen LogP contribution is -2.30. The second-order valence-electron chi connectivity index (χ2n) is 17.1. The van der Waals surface area contributed by atoms with Gasteiger partial charge in [0.15, 0.2) is 6.10 Å². The summed E-state index contributed by atoms with van der Waals surface area (Å²) in [6.45, 7) is 6.44. The van der Waals surface area contributed by atoms with Crippen molar-refractivity contribution in [3.05, 3.63) is 85.1 Å². The second-order valence-corrected chi connectivity index (χ2v) is 17.1. The predicted molar refractivity (Wildman–Crippen MR) is 270 cm³/mol. The van der Waals surface area contributed by atoms with Gasteiger partial charge < -0.3 is 14.2 Å². The van der Waals surface area contributed by atoms with Crippen LogP contribution in [0.3, 0.4) is 0 Å². The van der Waals surface area contributed by atoms with E-state index in [-0.39, 0.29) is 31.1 Å². The molecule has 0 saturated heterocycles. The van der Waals surface area contributed by atoms with E-state index in [1.54, 1.807) is 0 Å². The first-order valence-electron chi connectivity index (χ1n) is 26.1. The van der Waals surface area contributed by atoms with E-state index in [0.717, 1.165) is 122 Å². The molecule has 0 unspecified atom stereocenters.